The Labute approximate surface area is 410 Å². The van der Waals surface area contributed by atoms with Crippen LogP contribution in [0.25, 0.3) is 10.8 Å². The molecule has 5 heterocycles. The molecule has 70 heavy (non-hydrogen) atoms. The Bertz CT molecular complexity index is 2570. The van der Waals surface area contributed by atoms with E-state index in [2.05, 4.69) is 24.1 Å². The number of piperidine rings is 1. The van der Waals surface area contributed by atoms with Gasteiger partial charge in [0, 0.05) is 86.7 Å². The molecule has 0 aromatic heterocycles. The molecule has 2 aromatic carbocycles. The number of carbonyl (C=O) groups excluding carboxylic acids is 4. The van der Waals surface area contributed by atoms with Gasteiger partial charge < -0.3 is 54.3 Å². The van der Waals surface area contributed by atoms with Crippen molar-refractivity contribution in [2.24, 2.45) is 45.5 Å². The quantitative estimate of drug-likeness (QED) is 0.0981. The number of aromatic hydroxyl groups is 2. The van der Waals surface area contributed by atoms with Crippen molar-refractivity contribution in [2.45, 2.75) is 125 Å². The minimum absolute atomic E-state index is 0.000372. The number of anilines is 1. The molecule has 18 nitrogen and oxygen atoms in total. The summed E-state index contributed by atoms with van der Waals surface area (Å²) in [6, 6.07) is 0. The molecule has 1 unspecified atom stereocenters. The topological polar surface area (TPSA) is 239 Å². The number of likely N-dealkylation sites (tertiary alicyclic amines) is 1. The molecule has 5 aliphatic heterocycles. The van der Waals surface area contributed by atoms with Gasteiger partial charge in [-0.25, -0.2) is 0 Å². The third kappa shape index (κ3) is 10.6. The van der Waals surface area contributed by atoms with Crippen LogP contribution in [0.15, 0.2) is 46.1 Å². The van der Waals surface area contributed by atoms with Gasteiger partial charge in [-0.3, -0.25) is 34.1 Å². The monoisotopic (exact) mass is 976 g/mol. The maximum Gasteiger partial charge on any atom is 0.321 e. The van der Waals surface area contributed by atoms with Gasteiger partial charge in [0.2, 0.25) is 0 Å². The number of esters is 2. The second-order valence-electron chi connectivity index (χ2n) is 20.3. The summed E-state index contributed by atoms with van der Waals surface area (Å²) in [5, 5.41) is 50.8. The Morgan fingerprint density at radius 3 is 2.23 bits per heavy atom. The van der Waals surface area contributed by atoms with Crippen LogP contribution in [0.2, 0.25) is 0 Å². The van der Waals surface area contributed by atoms with Crippen molar-refractivity contribution in [3.63, 3.8) is 0 Å². The van der Waals surface area contributed by atoms with Crippen molar-refractivity contribution >= 4 is 40.1 Å². The van der Waals surface area contributed by atoms with Gasteiger partial charge in [-0.15, -0.1) is 0 Å². The Balaban J connectivity index is 1.48. The van der Waals surface area contributed by atoms with Gasteiger partial charge in [0.05, 0.1) is 40.9 Å². The minimum atomic E-state index is -2.03. The lowest BCUT2D eigenvalue weighted by atomic mass is 9.78. The lowest BCUT2D eigenvalue weighted by Gasteiger charge is -2.38. The van der Waals surface area contributed by atoms with Crippen LogP contribution in [-0.2, 0) is 33.3 Å². The second kappa shape index (κ2) is 21.5. The number of nitrogens with one attached hydrogen (secondary N) is 1. The van der Waals surface area contributed by atoms with Gasteiger partial charge in [0.1, 0.15) is 35.4 Å². The zero-order valence-corrected chi connectivity index (χ0v) is 42.9. The largest absolute Gasteiger partial charge is 0.507 e. The maximum absolute atomic E-state index is 14.9. The zero-order chi connectivity index (χ0) is 51.7. The highest BCUT2D eigenvalue weighted by Crippen LogP contribution is 2.50. The summed E-state index contributed by atoms with van der Waals surface area (Å²) < 4.78 is 29.8. The molecule has 5 N–H and O–H groups in total. The Morgan fingerprint density at radius 1 is 0.943 bits per heavy atom. The first-order valence-electron chi connectivity index (χ1n) is 24.4. The normalized spacial score (nSPS) is 30.4. The highest BCUT2D eigenvalue weighted by molar-refractivity contribution is 6.19. The van der Waals surface area contributed by atoms with Crippen molar-refractivity contribution in [3.05, 3.63) is 58.0 Å². The Kier molecular flexibility index (Phi) is 16.6. The third-order valence-corrected chi connectivity index (χ3v) is 14.5. The van der Waals surface area contributed by atoms with E-state index in [0.29, 0.717) is 38.4 Å². The summed E-state index contributed by atoms with van der Waals surface area (Å²) in [6.07, 6.45) is 4.18. The van der Waals surface area contributed by atoms with Crippen molar-refractivity contribution in [1.82, 2.24) is 9.80 Å². The third-order valence-electron chi connectivity index (χ3n) is 14.5. The van der Waals surface area contributed by atoms with Gasteiger partial charge in [-0.1, -0.05) is 66.7 Å². The van der Waals surface area contributed by atoms with E-state index in [0.717, 1.165) is 6.54 Å². The number of aliphatic hydroxyl groups is 2. The zero-order valence-electron chi connectivity index (χ0n) is 42.9. The summed E-state index contributed by atoms with van der Waals surface area (Å²) >= 11 is 0. The predicted octanol–water partition coefficient (Wildman–Crippen LogP) is 4.82. The Morgan fingerprint density at radius 2 is 1.60 bits per heavy atom. The minimum Gasteiger partial charge on any atom is -0.507 e. The summed E-state index contributed by atoms with van der Waals surface area (Å²) in [5.41, 5.74) is -0.726. The van der Waals surface area contributed by atoms with E-state index < -0.39 is 101 Å². The van der Waals surface area contributed by atoms with Gasteiger partial charge >= 0.3 is 17.7 Å². The molecule has 1 amide bonds. The molecule has 0 radical (unpaired) electrons. The second-order valence-corrected chi connectivity index (χ2v) is 20.3. The molecule has 10 atom stereocenters. The van der Waals surface area contributed by atoms with Gasteiger partial charge in [0.25, 0.3) is 11.7 Å². The molecule has 18 heteroatoms. The fourth-order valence-corrected chi connectivity index (χ4v) is 9.73. The highest BCUT2D eigenvalue weighted by atomic mass is 16.7. The number of allylic oxidation sites excluding steroid dienone is 2. The molecule has 5 bridgehead atoms. The van der Waals surface area contributed by atoms with Crippen LogP contribution in [0.4, 0.5) is 5.69 Å². The number of phenolic OH excluding ortho intramolecular Hbond substituents is 2. The molecule has 0 saturated carbocycles. The van der Waals surface area contributed by atoms with Crippen LogP contribution in [0.1, 0.15) is 98.0 Å². The number of hydrogen-bond acceptors (Lipinski definition) is 17. The molecule has 0 aliphatic carbocycles. The average Bonchev–Trinajstić information content (AvgIpc) is 3.83. The number of fused-ring (bicyclic) bond motifs is 13. The number of rotatable bonds is 9. The fourth-order valence-electron chi connectivity index (χ4n) is 9.73. The fraction of sp³-hybridized carbons (Fsp3) is 0.615. The molecule has 1 spiro atoms. The number of Topliss-reactive ketones (excluding diaryl/α,β-unsaturated/α-hetero) is 1. The van der Waals surface area contributed by atoms with Crippen molar-refractivity contribution in [2.75, 3.05) is 52.4 Å². The number of benzene rings is 2. The standard InChI is InChI=1S/C52H73N5O13/c1-14-56(12)25-67-49(64)33(10)50(65)69-45-29(6)34(66-13)18-23-68-51(11)47(62)37-35-36(43(60)32(9)46(37)70-51)44(61)40(39-38(35)54-52(55-39)19-21-57(22-20-52)24-26(2)3)53-48(63)28(5)17-15-16-27(4)41(58)30(7)42(59)31(45)8/h15-18,23,26-27,29-31,33-34,41-42,45,58-61H,14,19-22,24-25H2,1-13H3,(H,53,63)/b16-15+,23-18+,28-17-/t27-,29+,30+,31+,33?,34-,41-,42+,45+,51-/m0/s1. The smallest absolute Gasteiger partial charge is 0.321 e. The molecule has 1 fully saturated rings. The van der Waals surface area contributed by atoms with Crippen LogP contribution in [0.5, 0.6) is 17.2 Å². The Hall–Kier alpha value is -5.40. The number of phenols is 2. The van der Waals surface area contributed by atoms with Crippen LogP contribution >= 0.6 is 0 Å². The lowest BCUT2D eigenvalue weighted by molar-refractivity contribution is -0.175. The van der Waals surface area contributed by atoms with Crippen LogP contribution in [0, 0.1) is 42.4 Å². The maximum atomic E-state index is 14.9. The van der Waals surface area contributed by atoms with Gasteiger partial charge in [-0.2, -0.15) is 0 Å². The van der Waals surface area contributed by atoms with E-state index in [-0.39, 0.29) is 56.4 Å². The number of ether oxygens (including phenoxy) is 5. The van der Waals surface area contributed by atoms with E-state index in [1.54, 1.807) is 64.8 Å². The number of ketones is 1. The first kappa shape index (κ1) is 53.9. The summed E-state index contributed by atoms with van der Waals surface area (Å²) in [6.45, 7) is 21.7. The van der Waals surface area contributed by atoms with Crippen molar-refractivity contribution in [1.29, 1.82) is 0 Å². The summed E-state index contributed by atoms with van der Waals surface area (Å²) in [7, 11) is 3.18. The molecule has 2 aromatic rings. The van der Waals surface area contributed by atoms with Crippen LogP contribution < -0.4 is 20.8 Å². The van der Waals surface area contributed by atoms with E-state index in [1.165, 1.54) is 40.2 Å². The number of nitrogens with zero attached hydrogens (tertiary/aromatic N) is 4. The number of hydrogen-bond donors (Lipinski definition) is 5. The van der Waals surface area contributed by atoms with Crippen LogP contribution in [0.3, 0.4) is 0 Å². The SMILES string of the molecule is CCN(C)COC(=O)C(C)C(=O)O[C@H]1[C@H](C)[C@H](O)[C@H](C)[C@@H](O)[C@@H](C)/C=C/C=C(/C)C(=O)Nc2c(O)c3c(O)c(C)c4c(c3c3c2=NC2(CCN(CC(C)C)CC2)N=3)C(=O)[C@@](C)(O/C=C/[C@H](OC)[C@H]1C)O4. The predicted molar refractivity (Wildman–Crippen MR) is 260 cm³/mol. The lowest BCUT2D eigenvalue weighted by Crippen LogP contribution is -2.47. The van der Waals surface area contributed by atoms with Crippen molar-refractivity contribution in [3.8, 4) is 17.2 Å². The molecule has 384 valence electrons. The van der Waals surface area contributed by atoms with Gasteiger partial charge in [0.15, 0.2) is 17.3 Å². The molecular weight excluding hydrogens is 903 g/mol. The first-order chi connectivity index (χ1) is 32.9. The summed E-state index contributed by atoms with van der Waals surface area (Å²) in [4.78, 5) is 70.1. The van der Waals surface area contributed by atoms with E-state index in [9.17, 15) is 39.6 Å². The highest BCUT2D eigenvalue weighted by Gasteiger charge is 2.50. The van der Waals surface area contributed by atoms with Crippen molar-refractivity contribution < 1.29 is 63.3 Å². The van der Waals surface area contributed by atoms with E-state index >= 15 is 0 Å². The van der Waals surface area contributed by atoms with Crippen LogP contribution in [-0.4, -0.2) is 137 Å². The summed E-state index contributed by atoms with van der Waals surface area (Å²) in [5.74, 6) is -9.71. The molecule has 1 saturated heterocycles. The average molecular weight is 976 g/mol. The van der Waals surface area contributed by atoms with E-state index in [1.807, 2.05) is 6.92 Å². The number of amides is 1. The number of carbonyl (C=O) groups is 4. The molecule has 7 rings (SSSR count). The molecule has 5 aliphatic rings. The van der Waals surface area contributed by atoms with E-state index in [4.69, 9.17) is 33.7 Å². The molecular formula is C52H73N5O13. The first-order valence-corrected chi connectivity index (χ1v) is 24.4. The number of methoxy groups -OCH3 is 1. The van der Waals surface area contributed by atoms with Gasteiger partial charge in [-0.05, 0) is 46.4 Å². The number of aliphatic hydroxyl groups excluding tert-OH is 2.